The standard InChI is InChI=1S/C13H13BrClNO4/c1-3-19-7-10(13(18)20-4-2)11(17)9-5-8(14)6-16-12(9)15/h5-7H,3-4H2,1-2H3. The first-order chi connectivity index (χ1) is 9.51. The molecule has 0 aliphatic carbocycles. The average Bonchev–Trinajstić information content (AvgIpc) is 2.42. The van der Waals surface area contributed by atoms with E-state index in [1.165, 1.54) is 12.3 Å². The summed E-state index contributed by atoms with van der Waals surface area (Å²) in [4.78, 5) is 28.0. The number of nitrogens with zero attached hydrogens (tertiary/aromatic N) is 1. The van der Waals surface area contributed by atoms with Gasteiger partial charge in [0.25, 0.3) is 0 Å². The number of ether oxygens (including phenoxy) is 2. The van der Waals surface area contributed by atoms with E-state index in [4.69, 9.17) is 21.1 Å². The van der Waals surface area contributed by atoms with Crippen molar-refractivity contribution < 1.29 is 19.1 Å². The number of Topliss-reactive ketones (excluding diaryl/α,β-unsaturated/α-hetero) is 1. The second-order valence-corrected chi connectivity index (χ2v) is 4.80. The highest BCUT2D eigenvalue weighted by molar-refractivity contribution is 9.10. The zero-order valence-corrected chi connectivity index (χ0v) is 13.3. The second kappa shape index (κ2) is 8.01. The average molecular weight is 363 g/mol. The molecule has 0 unspecified atom stereocenters. The molecule has 0 atom stereocenters. The van der Waals surface area contributed by atoms with Crippen LogP contribution in [0.15, 0.2) is 28.6 Å². The minimum absolute atomic E-state index is 0.00453. The van der Waals surface area contributed by atoms with Crippen molar-refractivity contribution in [2.45, 2.75) is 13.8 Å². The number of halogens is 2. The fraction of sp³-hybridized carbons (Fsp3) is 0.308. The Labute approximate surface area is 130 Å². The Morgan fingerprint density at radius 2 is 2.10 bits per heavy atom. The van der Waals surface area contributed by atoms with Crippen molar-refractivity contribution in [2.24, 2.45) is 0 Å². The Balaban J connectivity index is 3.16. The fourth-order valence-electron chi connectivity index (χ4n) is 1.30. The maximum absolute atomic E-state index is 12.3. The lowest BCUT2D eigenvalue weighted by molar-refractivity contribution is -0.138. The molecule has 1 heterocycles. The van der Waals surface area contributed by atoms with Crippen LogP contribution in [0.25, 0.3) is 0 Å². The predicted octanol–water partition coefficient (Wildman–Crippen LogP) is 3.16. The highest BCUT2D eigenvalue weighted by Gasteiger charge is 2.24. The third-order valence-corrected chi connectivity index (χ3v) is 2.89. The van der Waals surface area contributed by atoms with Gasteiger partial charge in [0.2, 0.25) is 5.78 Å². The summed E-state index contributed by atoms with van der Waals surface area (Å²) in [5.41, 5.74) is -0.129. The molecule has 1 aromatic heterocycles. The molecule has 5 nitrogen and oxygen atoms in total. The monoisotopic (exact) mass is 361 g/mol. The molecule has 0 spiro atoms. The van der Waals surface area contributed by atoms with Crippen LogP contribution in [0.2, 0.25) is 5.15 Å². The van der Waals surface area contributed by atoms with Crippen LogP contribution < -0.4 is 0 Å². The van der Waals surface area contributed by atoms with Crippen molar-refractivity contribution in [3.8, 4) is 0 Å². The minimum Gasteiger partial charge on any atom is -0.500 e. The van der Waals surface area contributed by atoms with Crippen molar-refractivity contribution in [1.29, 1.82) is 0 Å². The van der Waals surface area contributed by atoms with Gasteiger partial charge < -0.3 is 9.47 Å². The molecule has 0 N–H and O–H groups in total. The number of pyridine rings is 1. The number of hydrogen-bond donors (Lipinski definition) is 0. The van der Waals surface area contributed by atoms with Gasteiger partial charge in [-0.25, -0.2) is 9.78 Å². The maximum Gasteiger partial charge on any atom is 0.345 e. The van der Waals surface area contributed by atoms with Gasteiger partial charge in [-0.05, 0) is 35.8 Å². The van der Waals surface area contributed by atoms with E-state index in [1.807, 2.05) is 0 Å². The third-order valence-electron chi connectivity index (χ3n) is 2.16. The Morgan fingerprint density at radius 3 is 2.70 bits per heavy atom. The second-order valence-electron chi connectivity index (χ2n) is 3.53. The van der Waals surface area contributed by atoms with E-state index in [2.05, 4.69) is 20.9 Å². The van der Waals surface area contributed by atoms with Gasteiger partial charge in [0.1, 0.15) is 17.0 Å². The van der Waals surface area contributed by atoms with Crippen LogP contribution >= 0.6 is 27.5 Å². The van der Waals surface area contributed by atoms with E-state index in [-0.39, 0.29) is 22.9 Å². The molecule has 0 aliphatic heterocycles. The lowest BCUT2D eigenvalue weighted by atomic mass is 10.1. The molecular weight excluding hydrogens is 350 g/mol. The summed E-state index contributed by atoms with van der Waals surface area (Å²) in [7, 11) is 0. The minimum atomic E-state index is -0.762. The summed E-state index contributed by atoms with van der Waals surface area (Å²) in [6.45, 7) is 3.85. The van der Waals surface area contributed by atoms with Gasteiger partial charge >= 0.3 is 5.97 Å². The molecule has 1 rings (SSSR count). The zero-order valence-electron chi connectivity index (χ0n) is 11.0. The largest absolute Gasteiger partial charge is 0.500 e. The number of carbonyl (C=O) groups excluding carboxylic acids is 2. The van der Waals surface area contributed by atoms with Crippen molar-refractivity contribution in [1.82, 2.24) is 4.98 Å². The molecule has 0 aliphatic rings. The Bertz CT molecular complexity index is 545. The summed E-state index contributed by atoms with van der Waals surface area (Å²) in [5, 5.41) is 0.00453. The van der Waals surface area contributed by atoms with Crippen LogP contribution in [0.5, 0.6) is 0 Å². The van der Waals surface area contributed by atoms with Crippen molar-refractivity contribution >= 4 is 39.3 Å². The molecule has 0 bridgehead atoms. The highest BCUT2D eigenvalue weighted by Crippen LogP contribution is 2.21. The first-order valence-electron chi connectivity index (χ1n) is 5.85. The molecule has 7 heteroatoms. The zero-order chi connectivity index (χ0) is 15.1. The summed E-state index contributed by atoms with van der Waals surface area (Å²) in [6.07, 6.45) is 2.53. The quantitative estimate of drug-likeness (QED) is 0.148. The van der Waals surface area contributed by atoms with E-state index < -0.39 is 11.8 Å². The fourth-order valence-corrected chi connectivity index (χ4v) is 1.82. The molecule has 0 saturated carbocycles. The van der Waals surface area contributed by atoms with Gasteiger partial charge in [0.15, 0.2) is 0 Å². The third kappa shape index (κ3) is 4.31. The summed E-state index contributed by atoms with van der Waals surface area (Å²) in [6, 6.07) is 1.48. The normalized spacial score (nSPS) is 11.1. The number of esters is 1. The van der Waals surface area contributed by atoms with Crippen LogP contribution in [0.1, 0.15) is 24.2 Å². The SMILES string of the molecule is CCOC=C(C(=O)OCC)C(=O)c1cc(Br)cnc1Cl. The molecule has 108 valence electrons. The van der Waals surface area contributed by atoms with Crippen LogP contribution in [0, 0.1) is 0 Å². The van der Waals surface area contributed by atoms with Gasteiger partial charge in [0.05, 0.1) is 18.8 Å². The lowest BCUT2D eigenvalue weighted by Crippen LogP contribution is -2.17. The van der Waals surface area contributed by atoms with Crippen molar-refractivity contribution in [3.05, 3.63) is 39.3 Å². The molecule has 20 heavy (non-hydrogen) atoms. The number of carbonyl (C=O) groups is 2. The smallest absolute Gasteiger partial charge is 0.345 e. The summed E-state index contributed by atoms with van der Waals surface area (Å²) >= 11 is 9.07. The maximum atomic E-state index is 12.3. The van der Waals surface area contributed by atoms with Gasteiger partial charge in [-0.2, -0.15) is 0 Å². The van der Waals surface area contributed by atoms with Crippen LogP contribution in [0.3, 0.4) is 0 Å². The number of rotatable bonds is 6. The van der Waals surface area contributed by atoms with E-state index >= 15 is 0 Å². The van der Waals surface area contributed by atoms with E-state index in [0.717, 1.165) is 6.26 Å². The van der Waals surface area contributed by atoms with Gasteiger partial charge in [-0.3, -0.25) is 4.79 Å². The van der Waals surface area contributed by atoms with Crippen molar-refractivity contribution in [2.75, 3.05) is 13.2 Å². The Hall–Kier alpha value is -1.40. The summed E-state index contributed by atoms with van der Waals surface area (Å²) in [5.74, 6) is -1.36. The van der Waals surface area contributed by atoms with Gasteiger partial charge in [-0.15, -0.1) is 0 Å². The van der Waals surface area contributed by atoms with E-state index in [9.17, 15) is 9.59 Å². The van der Waals surface area contributed by atoms with Gasteiger partial charge in [0, 0.05) is 10.7 Å². The number of ketones is 1. The molecule has 0 amide bonds. The Morgan fingerprint density at radius 1 is 1.40 bits per heavy atom. The van der Waals surface area contributed by atoms with Crippen LogP contribution in [0.4, 0.5) is 0 Å². The van der Waals surface area contributed by atoms with E-state index in [1.54, 1.807) is 13.8 Å². The molecule has 0 aromatic carbocycles. The summed E-state index contributed by atoms with van der Waals surface area (Å²) < 4.78 is 10.4. The molecular formula is C13H13BrClNO4. The van der Waals surface area contributed by atoms with Crippen LogP contribution in [-0.2, 0) is 14.3 Å². The molecule has 1 aromatic rings. The molecule has 0 saturated heterocycles. The number of hydrogen-bond acceptors (Lipinski definition) is 5. The topological polar surface area (TPSA) is 65.5 Å². The van der Waals surface area contributed by atoms with Crippen LogP contribution in [-0.4, -0.2) is 30.0 Å². The molecule has 0 radical (unpaired) electrons. The van der Waals surface area contributed by atoms with Crippen molar-refractivity contribution in [3.63, 3.8) is 0 Å². The number of aromatic nitrogens is 1. The predicted molar refractivity (Wildman–Crippen MR) is 77.6 cm³/mol. The molecule has 0 fully saturated rings. The highest BCUT2D eigenvalue weighted by atomic mass is 79.9. The first-order valence-corrected chi connectivity index (χ1v) is 7.03. The van der Waals surface area contributed by atoms with Gasteiger partial charge in [-0.1, -0.05) is 11.6 Å². The lowest BCUT2D eigenvalue weighted by Gasteiger charge is -2.08. The van der Waals surface area contributed by atoms with E-state index in [0.29, 0.717) is 11.1 Å². The Kier molecular flexibility index (Phi) is 6.67. The first kappa shape index (κ1) is 16.7.